The van der Waals surface area contributed by atoms with Crippen LogP contribution in [0, 0.1) is 17.8 Å². The third-order valence-corrected chi connectivity index (χ3v) is 9.08. The highest BCUT2D eigenvalue weighted by molar-refractivity contribution is 5.55. The molecule has 2 aromatic rings. The van der Waals surface area contributed by atoms with Crippen LogP contribution in [-0.4, -0.2) is 16.6 Å². The molecule has 0 radical (unpaired) electrons. The highest BCUT2D eigenvalue weighted by atomic mass is 16.5. The standard InChI is InChI=1S/C33H50N2O/c1-3-5-7-9-23-36-32-24-34-33(35-25-32)31-21-19-30(20-22-31)29-17-15-28(16-18-29)27-13-11-26(12-14-27)10-8-6-4-2/h19-22,24-29H,3-18,23H2,1-2H3/t26-,27-,28-,29-. The van der Waals surface area contributed by atoms with Gasteiger partial charge in [-0.3, -0.25) is 0 Å². The molecule has 0 saturated heterocycles. The van der Waals surface area contributed by atoms with Crippen LogP contribution in [0.25, 0.3) is 11.4 Å². The van der Waals surface area contributed by atoms with Gasteiger partial charge in [0.25, 0.3) is 0 Å². The Hall–Kier alpha value is -1.90. The Balaban J connectivity index is 1.19. The summed E-state index contributed by atoms with van der Waals surface area (Å²) in [6, 6.07) is 9.07. The average Bonchev–Trinajstić information content (AvgIpc) is 2.94. The van der Waals surface area contributed by atoms with Crippen molar-refractivity contribution < 1.29 is 4.74 Å². The minimum Gasteiger partial charge on any atom is -0.490 e. The highest BCUT2D eigenvalue weighted by Gasteiger charge is 2.31. The SMILES string of the molecule is CCCCCCOc1cnc(-c2ccc([C@H]3CC[C@H]([C@H]4CC[C@H](CCCCC)CC4)CC3)cc2)nc1. The maximum Gasteiger partial charge on any atom is 0.159 e. The van der Waals surface area contributed by atoms with E-state index in [4.69, 9.17) is 4.74 Å². The molecule has 2 aliphatic rings. The maximum atomic E-state index is 5.79. The molecule has 0 aliphatic heterocycles. The number of hydrogen-bond donors (Lipinski definition) is 0. The van der Waals surface area contributed by atoms with E-state index in [9.17, 15) is 0 Å². The quantitative estimate of drug-likeness (QED) is 0.262. The fourth-order valence-electron chi connectivity index (χ4n) is 6.72. The van der Waals surface area contributed by atoms with Crippen LogP contribution in [0.5, 0.6) is 5.75 Å². The zero-order chi connectivity index (χ0) is 25.0. The second-order valence-electron chi connectivity index (χ2n) is 11.7. The number of benzene rings is 1. The van der Waals surface area contributed by atoms with E-state index in [1.54, 1.807) is 0 Å². The molecule has 0 amide bonds. The molecule has 0 spiro atoms. The van der Waals surface area contributed by atoms with E-state index in [-0.39, 0.29) is 0 Å². The molecule has 36 heavy (non-hydrogen) atoms. The monoisotopic (exact) mass is 490 g/mol. The van der Waals surface area contributed by atoms with Crippen LogP contribution < -0.4 is 4.74 Å². The zero-order valence-corrected chi connectivity index (χ0v) is 23.1. The smallest absolute Gasteiger partial charge is 0.159 e. The van der Waals surface area contributed by atoms with E-state index in [0.717, 1.165) is 53.8 Å². The summed E-state index contributed by atoms with van der Waals surface area (Å²) >= 11 is 0. The van der Waals surface area contributed by atoms with Crippen LogP contribution in [0.15, 0.2) is 36.7 Å². The summed E-state index contributed by atoms with van der Waals surface area (Å²) in [5.41, 5.74) is 2.60. The van der Waals surface area contributed by atoms with Crippen LogP contribution in [0.2, 0.25) is 0 Å². The molecule has 0 atom stereocenters. The van der Waals surface area contributed by atoms with Crippen molar-refractivity contribution in [3.05, 3.63) is 42.2 Å². The van der Waals surface area contributed by atoms with E-state index in [1.165, 1.54) is 102 Å². The Morgan fingerprint density at radius 2 is 1.31 bits per heavy atom. The van der Waals surface area contributed by atoms with Crippen molar-refractivity contribution >= 4 is 0 Å². The first-order chi connectivity index (χ1) is 17.8. The fourth-order valence-corrected chi connectivity index (χ4v) is 6.72. The van der Waals surface area contributed by atoms with Gasteiger partial charge in [-0.25, -0.2) is 9.97 Å². The molecular weight excluding hydrogens is 440 g/mol. The van der Waals surface area contributed by atoms with Gasteiger partial charge in [0, 0.05) is 5.56 Å². The average molecular weight is 491 g/mol. The summed E-state index contributed by atoms with van der Waals surface area (Å²) in [5.74, 6) is 5.31. The number of rotatable bonds is 13. The van der Waals surface area contributed by atoms with Crippen molar-refractivity contribution in [2.75, 3.05) is 6.61 Å². The van der Waals surface area contributed by atoms with Gasteiger partial charge in [0.2, 0.25) is 0 Å². The van der Waals surface area contributed by atoms with E-state index in [2.05, 4.69) is 48.1 Å². The lowest BCUT2D eigenvalue weighted by molar-refractivity contribution is 0.155. The van der Waals surface area contributed by atoms with E-state index >= 15 is 0 Å². The lowest BCUT2D eigenvalue weighted by Crippen LogP contribution is -2.25. The van der Waals surface area contributed by atoms with Crippen molar-refractivity contribution in [1.29, 1.82) is 0 Å². The normalized spacial score (nSPS) is 24.5. The van der Waals surface area contributed by atoms with Gasteiger partial charge < -0.3 is 4.74 Å². The molecule has 3 heteroatoms. The molecule has 0 bridgehead atoms. The number of aromatic nitrogens is 2. The predicted molar refractivity (Wildman–Crippen MR) is 151 cm³/mol. The van der Waals surface area contributed by atoms with Gasteiger partial charge in [-0.15, -0.1) is 0 Å². The molecule has 2 saturated carbocycles. The second kappa shape index (κ2) is 14.7. The Morgan fingerprint density at radius 1 is 0.694 bits per heavy atom. The van der Waals surface area contributed by atoms with Gasteiger partial charge in [0.15, 0.2) is 11.6 Å². The summed E-state index contributed by atoms with van der Waals surface area (Å²) in [6.07, 6.45) is 25.8. The maximum absolute atomic E-state index is 5.79. The van der Waals surface area contributed by atoms with Crippen molar-refractivity contribution in [3.63, 3.8) is 0 Å². The second-order valence-corrected chi connectivity index (χ2v) is 11.7. The van der Waals surface area contributed by atoms with Gasteiger partial charge in [-0.05, 0) is 74.2 Å². The number of ether oxygens (including phenoxy) is 1. The van der Waals surface area contributed by atoms with E-state index < -0.39 is 0 Å². The molecule has 2 aliphatic carbocycles. The number of nitrogens with zero attached hydrogens (tertiary/aromatic N) is 2. The van der Waals surface area contributed by atoms with Gasteiger partial charge in [-0.1, -0.05) is 95.9 Å². The molecule has 2 fully saturated rings. The fraction of sp³-hybridized carbons (Fsp3) is 0.697. The van der Waals surface area contributed by atoms with E-state index in [1.807, 2.05) is 12.4 Å². The van der Waals surface area contributed by atoms with Crippen molar-refractivity contribution in [3.8, 4) is 17.1 Å². The first-order valence-corrected chi connectivity index (χ1v) is 15.3. The summed E-state index contributed by atoms with van der Waals surface area (Å²) in [6.45, 7) is 5.30. The Labute approximate surface area is 220 Å². The summed E-state index contributed by atoms with van der Waals surface area (Å²) < 4.78 is 5.79. The number of unbranched alkanes of at least 4 members (excludes halogenated alkanes) is 5. The predicted octanol–water partition coefficient (Wildman–Crippen LogP) is 9.76. The first-order valence-electron chi connectivity index (χ1n) is 15.3. The van der Waals surface area contributed by atoms with Crippen LogP contribution in [0.1, 0.15) is 128 Å². The van der Waals surface area contributed by atoms with Crippen LogP contribution in [0.3, 0.4) is 0 Å². The molecule has 198 valence electrons. The molecule has 1 heterocycles. The summed E-state index contributed by atoms with van der Waals surface area (Å²) in [4.78, 5) is 9.12. The van der Waals surface area contributed by atoms with Crippen LogP contribution in [0.4, 0.5) is 0 Å². The van der Waals surface area contributed by atoms with Crippen LogP contribution >= 0.6 is 0 Å². The van der Waals surface area contributed by atoms with Gasteiger partial charge in [0.1, 0.15) is 0 Å². The molecule has 4 rings (SSSR count). The minimum absolute atomic E-state index is 0.727. The molecule has 3 nitrogen and oxygen atoms in total. The first kappa shape index (κ1) is 27.1. The third-order valence-electron chi connectivity index (χ3n) is 9.08. The lowest BCUT2D eigenvalue weighted by atomic mass is 9.68. The molecular formula is C33H50N2O. The minimum atomic E-state index is 0.727. The van der Waals surface area contributed by atoms with Crippen molar-refractivity contribution in [1.82, 2.24) is 9.97 Å². The highest BCUT2D eigenvalue weighted by Crippen LogP contribution is 2.44. The lowest BCUT2D eigenvalue weighted by Gasteiger charge is -2.38. The van der Waals surface area contributed by atoms with Gasteiger partial charge in [-0.2, -0.15) is 0 Å². The Kier molecular flexibility index (Phi) is 11.1. The van der Waals surface area contributed by atoms with Gasteiger partial charge in [0.05, 0.1) is 19.0 Å². The molecule has 0 N–H and O–H groups in total. The summed E-state index contributed by atoms with van der Waals surface area (Å²) in [5, 5.41) is 0. The largest absolute Gasteiger partial charge is 0.490 e. The van der Waals surface area contributed by atoms with Crippen LogP contribution in [-0.2, 0) is 0 Å². The van der Waals surface area contributed by atoms with Gasteiger partial charge >= 0.3 is 0 Å². The van der Waals surface area contributed by atoms with Crippen molar-refractivity contribution in [2.24, 2.45) is 17.8 Å². The topological polar surface area (TPSA) is 35.0 Å². The van der Waals surface area contributed by atoms with Crippen molar-refractivity contribution in [2.45, 2.75) is 122 Å². The van der Waals surface area contributed by atoms with E-state index in [0.29, 0.717) is 0 Å². The zero-order valence-electron chi connectivity index (χ0n) is 23.1. The third kappa shape index (κ3) is 8.05. The molecule has 1 aromatic carbocycles. The summed E-state index contributed by atoms with van der Waals surface area (Å²) in [7, 11) is 0. The number of hydrogen-bond acceptors (Lipinski definition) is 3. The Morgan fingerprint density at radius 3 is 1.94 bits per heavy atom. The Bertz CT molecular complexity index is 846. The molecule has 0 unspecified atom stereocenters. The molecule has 1 aromatic heterocycles.